The summed E-state index contributed by atoms with van der Waals surface area (Å²) < 4.78 is 5.04. The van der Waals surface area contributed by atoms with Crippen LogP contribution in [-0.2, 0) is 9.53 Å². The molecule has 1 aromatic rings. The number of amides is 1. The lowest BCUT2D eigenvalue weighted by Crippen LogP contribution is -2.45. The van der Waals surface area contributed by atoms with Crippen LogP contribution in [0.25, 0.3) is 0 Å². The lowest BCUT2D eigenvalue weighted by Gasteiger charge is -2.34. The topological polar surface area (TPSA) is 55.4 Å². The van der Waals surface area contributed by atoms with Crippen LogP contribution < -0.4 is 5.32 Å². The van der Waals surface area contributed by atoms with Gasteiger partial charge in [0.25, 0.3) is 5.91 Å². The number of ether oxygens (including phenoxy) is 1. The van der Waals surface area contributed by atoms with Crippen molar-refractivity contribution in [3.63, 3.8) is 0 Å². The zero-order valence-electron chi connectivity index (χ0n) is 12.7. The maximum atomic E-state index is 11.9. The Morgan fingerprint density at radius 2 is 1.90 bits per heavy atom. The molecule has 114 valence electrons. The third kappa shape index (κ3) is 4.31. The Morgan fingerprint density at radius 3 is 2.62 bits per heavy atom. The van der Waals surface area contributed by atoms with Crippen molar-refractivity contribution in [1.29, 1.82) is 0 Å². The molecule has 1 amide bonds. The minimum absolute atomic E-state index is 0.191. The molecule has 1 N–H and O–H groups in total. The van der Waals surface area contributed by atoms with Gasteiger partial charge in [0.05, 0.1) is 5.56 Å². The van der Waals surface area contributed by atoms with Gasteiger partial charge in [-0.2, -0.15) is 0 Å². The minimum Gasteiger partial charge on any atom is -0.452 e. The van der Waals surface area contributed by atoms with Crippen molar-refractivity contribution in [3.8, 4) is 0 Å². The summed E-state index contributed by atoms with van der Waals surface area (Å²) >= 11 is 0. The van der Waals surface area contributed by atoms with Crippen LogP contribution in [0.1, 0.15) is 43.5 Å². The molecule has 0 unspecified atom stereocenters. The summed E-state index contributed by atoms with van der Waals surface area (Å²) in [6.07, 6.45) is 3.36. The molecule has 0 heterocycles. The quantitative estimate of drug-likeness (QED) is 0.867. The summed E-state index contributed by atoms with van der Waals surface area (Å²) in [5, 5.41) is 2.99. The predicted molar refractivity (Wildman–Crippen MR) is 80.8 cm³/mol. The van der Waals surface area contributed by atoms with Gasteiger partial charge in [0.2, 0.25) is 0 Å². The Kier molecular flexibility index (Phi) is 5.37. The highest BCUT2D eigenvalue weighted by molar-refractivity contribution is 5.91. The highest BCUT2D eigenvalue weighted by atomic mass is 16.5. The Hall–Kier alpha value is -1.84. The average Bonchev–Trinajstić information content (AvgIpc) is 2.50. The van der Waals surface area contributed by atoms with Crippen molar-refractivity contribution in [2.24, 2.45) is 11.8 Å². The van der Waals surface area contributed by atoms with Gasteiger partial charge in [-0.25, -0.2) is 4.79 Å². The highest BCUT2D eigenvalue weighted by Crippen LogP contribution is 2.29. The van der Waals surface area contributed by atoms with Crippen molar-refractivity contribution in [1.82, 2.24) is 5.32 Å². The molecule has 0 bridgehead atoms. The van der Waals surface area contributed by atoms with Crippen molar-refractivity contribution in [3.05, 3.63) is 35.9 Å². The van der Waals surface area contributed by atoms with Crippen LogP contribution in [-0.4, -0.2) is 24.5 Å². The second kappa shape index (κ2) is 7.25. The second-order valence-electron chi connectivity index (χ2n) is 5.88. The largest absolute Gasteiger partial charge is 0.452 e. The Labute approximate surface area is 125 Å². The molecule has 3 atom stereocenters. The van der Waals surface area contributed by atoms with Crippen LogP contribution in [0.4, 0.5) is 0 Å². The maximum absolute atomic E-state index is 11.9. The van der Waals surface area contributed by atoms with Crippen LogP contribution in [0.2, 0.25) is 0 Å². The predicted octanol–water partition coefficient (Wildman–Crippen LogP) is 2.78. The number of rotatable bonds is 4. The van der Waals surface area contributed by atoms with E-state index in [9.17, 15) is 9.59 Å². The summed E-state index contributed by atoms with van der Waals surface area (Å²) in [4.78, 5) is 23.7. The van der Waals surface area contributed by atoms with Crippen molar-refractivity contribution >= 4 is 11.9 Å². The van der Waals surface area contributed by atoms with E-state index in [2.05, 4.69) is 19.2 Å². The Morgan fingerprint density at radius 1 is 1.19 bits per heavy atom. The van der Waals surface area contributed by atoms with Gasteiger partial charge >= 0.3 is 5.97 Å². The molecule has 4 heteroatoms. The van der Waals surface area contributed by atoms with Crippen LogP contribution in [0.3, 0.4) is 0 Å². The second-order valence-corrected chi connectivity index (χ2v) is 5.88. The van der Waals surface area contributed by atoms with E-state index in [1.165, 1.54) is 6.42 Å². The smallest absolute Gasteiger partial charge is 0.338 e. The highest BCUT2D eigenvalue weighted by Gasteiger charge is 2.28. The molecule has 0 aromatic heterocycles. The number of benzene rings is 1. The third-order valence-corrected chi connectivity index (χ3v) is 4.40. The summed E-state index contributed by atoms with van der Waals surface area (Å²) in [6.45, 7) is 4.18. The zero-order chi connectivity index (χ0) is 15.2. The van der Waals surface area contributed by atoms with Crippen LogP contribution >= 0.6 is 0 Å². The molecule has 1 aliphatic rings. The normalized spacial score (nSPS) is 25.1. The van der Waals surface area contributed by atoms with Gasteiger partial charge in [-0.1, -0.05) is 44.9 Å². The molecular weight excluding hydrogens is 266 g/mol. The molecular formula is C17H23NO3. The number of carbonyl (C=O) groups is 2. The zero-order valence-corrected chi connectivity index (χ0v) is 12.7. The van der Waals surface area contributed by atoms with Gasteiger partial charge in [0.15, 0.2) is 6.61 Å². The molecule has 1 aliphatic carbocycles. The average molecular weight is 289 g/mol. The first-order valence-electron chi connectivity index (χ1n) is 7.59. The first-order chi connectivity index (χ1) is 10.1. The number of nitrogens with one attached hydrogen (secondary N) is 1. The van der Waals surface area contributed by atoms with E-state index in [1.807, 2.05) is 6.07 Å². The molecule has 0 saturated heterocycles. The molecule has 1 fully saturated rings. The molecule has 4 nitrogen and oxygen atoms in total. The maximum Gasteiger partial charge on any atom is 0.338 e. The molecule has 1 saturated carbocycles. The first-order valence-corrected chi connectivity index (χ1v) is 7.59. The molecule has 1 aromatic carbocycles. The molecule has 0 radical (unpaired) electrons. The van der Waals surface area contributed by atoms with E-state index in [0.717, 1.165) is 12.8 Å². The molecule has 2 rings (SSSR count). The summed E-state index contributed by atoms with van der Waals surface area (Å²) in [7, 11) is 0. The van der Waals surface area contributed by atoms with Crippen molar-refractivity contribution < 1.29 is 14.3 Å². The number of esters is 1. The van der Waals surface area contributed by atoms with E-state index < -0.39 is 5.97 Å². The number of carbonyl (C=O) groups excluding carboxylic acids is 2. The Balaban J connectivity index is 1.78. The van der Waals surface area contributed by atoms with Crippen LogP contribution in [0.15, 0.2) is 30.3 Å². The van der Waals surface area contributed by atoms with Gasteiger partial charge in [-0.3, -0.25) is 4.79 Å². The van der Waals surface area contributed by atoms with Gasteiger partial charge in [0, 0.05) is 6.04 Å². The standard InChI is InChI=1S/C17H23NO3/c1-12-7-6-10-15(13(12)2)18-16(19)11-21-17(20)14-8-4-3-5-9-14/h3-5,8-9,12-13,15H,6-7,10-11H2,1-2H3,(H,18,19)/t12-,13+,15-/m0/s1. The van der Waals surface area contributed by atoms with E-state index in [0.29, 0.717) is 17.4 Å². The summed E-state index contributed by atoms with van der Waals surface area (Å²) in [6, 6.07) is 8.89. The van der Waals surface area contributed by atoms with E-state index >= 15 is 0 Å². The molecule has 21 heavy (non-hydrogen) atoms. The summed E-state index contributed by atoms with van der Waals surface area (Å²) in [5.41, 5.74) is 0.463. The van der Waals surface area contributed by atoms with Crippen molar-refractivity contribution in [2.75, 3.05) is 6.61 Å². The minimum atomic E-state index is -0.462. The monoisotopic (exact) mass is 289 g/mol. The Bertz CT molecular complexity index is 486. The fourth-order valence-electron chi connectivity index (χ4n) is 2.82. The van der Waals surface area contributed by atoms with E-state index in [4.69, 9.17) is 4.74 Å². The SMILES string of the molecule is C[C@H]1[C@@H](NC(=O)COC(=O)c2ccccc2)CCC[C@@H]1C. The first kappa shape index (κ1) is 15.5. The fourth-order valence-corrected chi connectivity index (χ4v) is 2.82. The summed E-state index contributed by atoms with van der Waals surface area (Å²) in [5.74, 6) is 0.407. The molecule has 0 spiro atoms. The van der Waals surface area contributed by atoms with Gasteiger partial charge in [-0.05, 0) is 30.4 Å². The van der Waals surface area contributed by atoms with Gasteiger partial charge in [-0.15, -0.1) is 0 Å². The van der Waals surface area contributed by atoms with Crippen LogP contribution in [0, 0.1) is 11.8 Å². The van der Waals surface area contributed by atoms with E-state index in [-0.39, 0.29) is 18.6 Å². The number of hydrogen-bond donors (Lipinski definition) is 1. The fraction of sp³-hybridized carbons (Fsp3) is 0.529. The lowest BCUT2D eigenvalue weighted by molar-refractivity contribution is -0.125. The van der Waals surface area contributed by atoms with E-state index in [1.54, 1.807) is 24.3 Å². The third-order valence-electron chi connectivity index (χ3n) is 4.40. The van der Waals surface area contributed by atoms with Gasteiger partial charge in [0.1, 0.15) is 0 Å². The van der Waals surface area contributed by atoms with Crippen LogP contribution in [0.5, 0.6) is 0 Å². The number of hydrogen-bond acceptors (Lipinski definition) is 3. The van der Waals surface area contributed by atoms with Crippen molar-refractivity contribution in [2.45, 2.75) is 39.2 Å². The lowest BCUT2D eigenvalue weighted by atomic mass is 9.78. The molecule has 0 aliphatic heterocycles. The van der Waals surface area contributed by atoms with Gasteiger partial charge < -0.3 is 10.1 Å².